The highest BCUT2D eigenvalue weighted by Crippen LogP contribution is 2.36. The number of aryl methyl sites for hydroxylation is 1. The number of urea groups is 1. The van der Waals surface area contributed by atoms with Crippen molar-refractivity contribution in [2.45, 2.75) is 19.4 Å². The van der Waals surface area contributed by atoms with Crippen molar-refractivity contribution in [1.82, 2.24) is 0 Å². The number of hydrogen-bond acceptors (Lipinski definition) is 2. The predicted octanol–water partition coefficient (Wildman–Crippen LogP) is 5.35. The lowest BCUT2D eigenvalue weighted by Gasteiger charge is -2.17. The van der Waals surface area contributed by atoms with Crippen LogP contribution in [0.25, 0.3) is 0 Å². The molecule has 130 valence electrons. The molecule has 26 heavy (non-hydrogen) atoms. The van der Waals surface area contributed by atoms with E-state index in [2.05, 4.69) is 40.2 Å². The van der Waals surface area contributed by atoms with Gasteiger partial charge in [-0.3, -0.25) is 0 Å². The van der Waals surface area contributed by atoms with Crippen LogP contribution in [0, 0.1) is 6.92 Å². The van der Waals surface area contributed by atoms with E-state index >= 15 is 0 Å². The smallest absolute Gasteiger partial charge is 0.323 e. The van der Waals surface area contributed by atoms with Crippen LogP contribution in [0.15, 0.2) is 72.8 Å². The van der Waals surface area contributed by atoms with Gasteiger partial charge in [0.25, 0.3) is 0 Å². The van der Waals surface area contributed by atoms with Crippen LogP contribution in [0.2, 0.25) is 0 Å². The van der Waals surface area contributed by atoms with Crippen molar-refractivity contribution < 1.29 is 4.79 Å². The molecule has 3 aromatic rings. The summed E-state index contributed by atoms with van der Waals surface area (Å²) in [6.07, 6.45) is 0.911. The molecule has 1 atom stereocenters. The molecule has 0 bridgehead atoms. The van der Waals surface area contributed by atoms with Crippen molar-refractivity contribution in [3.63, 3.8) is 0 Å². The monoisotopic (exact) mass is 343 g/mol. The van der Waals surface area contributed by atoms with Gasteiger partial charge >= 0.3 is 6.03 Å². The molecule has 0 saturated carbocycles. The van der Waals surface area contributed by atoms with Crippen molar-refractivity contribution in [2.75, 3.05) is 16.0 Å². The van der Waals surface area contributed by atoms with E-state index < -0.39 is 0 Å². The van der Waals surface area contributed by atoms with E-state index in [1.165, 1.54) is 5.56 Å². The van der Waals surface area contributed by atoms with Gasteiger partial charge in [0.2, 0.25) is 0 Å². The average molecular weight is 343 g/mol. The van der Waals surface area contributed by atoms with Gasteiger partial charge in [0.05, 0.1) is 6.04 Å². The Balaban J connectivity index is 1.51. The van der Waals surface area contributed by atoms with Gasteiger partial charge in [0.15, 0.2) is 0 Å². The minimum Gasteiger partial charge on any atom is -0.378 e. The molecular weight excluding hydrogens is 322 g/mol. The molecule has 4 heteroatoms. The van der Waals surface area contributed by atoms with Gasteiger partial charge in [-0.1, -0.05) is 48.5 Å². The fourth-order valence-corrected chi connectivity index (χ4v) is 3.41. The second-order valence-electron chi connectivity index (χ2n) is 6.59. The Morgan fingerprint density at radius 3 is 2.62 bits per heavy atom. The number of fused-ring (bicyclic) bond motifs is 1. The van der Waals surface area contributed by atoms with Crippen LogP contribution in [-0.4, -0.2) is 6.03 Å². The van der Waals surface area contributed by atoms with Crippen molar-refractivity contribution in [3.05, 3.63) is 89.5 Å². The van der Waals surface area contributed by atoms with E-state index in [0.29, 0.717) is 0 Å². The van der Waals surface area contributed by atoms with Crippen molar-refractivity contribution >= 4 is 23.1 Å². The lowest BCUT2D eigenvalue weighted by molar-refractivity contribution is 0.262. The molecule has 1 unspecified atom stereocenters. The van der Waals surface area contributed by atoms with Crippen LogP contribution < -0.4 is 16.0 Å². The fraction of sp³-hybridized carbons (Fsp3) is 0.136. The lowest BCUT2D eigenvalue weighted by atomic mass is 10.0. The first-order valence-corrected chi connectivity index (χ1v) is 8.77. The minimum atomic E-state index is -0.237. The maximum Gasteiger partial charge on any atom is 0.323 e. The van der Waals surface area contributed by atoms with Gasteiger partial charge in [-0.15, -0.1) is 0 Å². The minimum absolute atomic E-state index is 0.155. The van der Waals surface area contributed by atoms with Crippen LogP contribution >= 0.6 is 0 Å². The summed E-state index contributed by atoms with van der Waals surface area (Å²) in [6.45, 7) is 2.00. The quantitative estimate of drug-likeness (QED) is 0.600. The van der Waals surface area contributed by atoms with E-state index in [1.807, 2.05) is 55.5 Å². The van der Waals surface area contributed by atoms with Gasteiger partial charge in [0.1, 0.15) is 0 Å². The van der Waals surface area contributed by atoms with Crippen molar-refractivity contribution in [2.24, 2.45) is 0 Å². The Labute approximate surface area is 153 Å². The second-order valence-corrected chi connectivity index (χ2v) is 6.59. The van der Waals surface area contributed by atoms with Crippen LogP contribution in [0.5, 0.6) is 0 Å². The summed E-state index contributed by atoms with van der Waals surface area (Å²) in [7, 11) is 0. The zero-order chi connectivity index (χ0) is 17.9. The highest BCUT2D eigenvalue weighted by atomic mass is 16.2. The second kappa shape index (κ2) is 6.92. The van der Waals surface area contributed by atoms with E-state index in [1.54, 1.807) is 0 Å². The third kappa shape index (κ3) is 3.40. The number of rotatable bonds is 3. The predicted molar refractivity (Wildman–Crippen MR) is 107 cm³/mol. The molecule has 4 rings (SSSR count). The molecule has 0 fully saturated rings. The third-order valence-corrected chi connectivity index (χ3v) is 4.63. The van der Waals surface area contributed by atoms with Crippen LogP contribution in [0.1, 0.15) is 22.7 Å². The van der Waals surface area contributed by atoms with Crippen molar-refractivity contribution in [3.8, 4) is 0 Å². The molecule has 0 spiro atoms. The zero-order valence-electron chi connectivity index (χ0n) is 14.6. The number of benzene rings is 3. The number of nitrogens with one attached hydrogen (secondary N) is 3. The van der Waals surface area contributed by atoms with Crippen molar-refractivity contribution in [1.29, 1.82) is 0 Å². The Morgan fingerprint density at radius 2 is 1.77 bits per heavy atom. The van der Waals surface area contributed by atoms with Gasteiger partial charge in [-0.25, -0.2) is 4.79 Å². The highest BCUT2D eigenvalue weighted by Gasteiger charge is 2.23. The summed E-state index contributed by atoms with van der Waals surface area (Å²) in [5, 5.41) is 9.44. The summed E-state index contributed by atoms with van der Waals surface area (Å²) < 4.78 is 0. The fourth-order valence-electron chi connectivity index (χ4n) is 3.41. The van der Waals surface area contributed by atoms with Gasteiger partial charge in [0, 0.05) is 17.1 Å². The highest BCUT2D eigenvalue weighted by molar-refractivity contribution is 6.00. The van der Waals surface area contributed by atoms with E-state index in [-0.39, 0.29) is 12.1 Å². The maximum absolute atomic E-state index is 12.4. The number of carbonyl (C=O) groups is 1. The molecule has 0 saturated heterocycles. The largest absolute Gasteiger partial charge is 0.378 e. The lowest BCUT2D eigenvalue weighted by Crippen LogP contribution is -2.21. The first-order chi connectivity index (χ1) is 12.7. The van der Waals surface area contributed by atoms with Crippen LogP contribution in [0.3, 0.4) is 0 Å². The first kappa shape index (κ1) is 16.2. The Hall–Kier alpha value is -3.27. The molecule has 4 nitrogen and oxygen atoms in total. The molecule has 0 aliphatic carbocycles. The topological polar surface area (TPSA) is 53.2 Å². The summed E-state index contributed by atoms with van der Waals surface area (Å²) >= 11 is 0. The average Bonchev–Trinajstić information content (AvgIpc) is 3.06. The SMILES string of the molecule is Cc1cccc(NC(=O)Nc2ccccc2C2Cc3ccccc3N2)c1. The normalized spacial score (nSPS) is 15.0. The number of carbonyl (C=O) groups excluding carboxylic acids is 1. The molecule has 2 amide bonds. The standard InChI is InChI=1S/C22H21N3O/c1-15-7-6-9-17(13-15)23-22(26)25-20-12-5-3-10-18(20)21-14-16-8-2-4-11-19(16)24-21/h2-13,21,24H,14H2,1H3,(H2,23,25,26). The van der Waals surface area contributed by atoms with E-state index in [4.69, 9.17) is 0 Å². The molecule has 1 heterocycles. The summed E-state index contributed by atoms with van der Waals surface area (Å²) in [6, 6.07) is 23.9. The summed E-state index contributed by atoms with van der Waals surface area (Å²) in [4.78, 5) is 12.4. The Bertz CT molecular complexity index is 926. The molecule has 3 N–H and O–H groups in total. The van der Waals surface area contributed by atoms with E-state index in [0.717, 1.165) is 34.6 Å². The molecule has 3 aromatic carbocycles. The van der Waals surface area contributed by atoms with E-state index in [9.17, 15) is 4.79 Å². The number of hydrogen-bond donors (Lipinski definition) is 3. The van der Waals surface area contributed by atoms with Gasteiger partial charge in [-0.2, -0.15) is 0 Å². The molecule has 0 aromatic heterocycles. The van der Waals surface area contributed by atoms with Crippen LogP contribution in [-0.2, 0) is 6.42 Å². The first-order valence-electron chi connectivity index (χ1n) is 8.77. The summed E-state index contributed by atoms with van der Waals surface area (Å²) in [5.74, 6) is 0. The molecule has 1 aliphatic heterocycles. The zero-order valence-corrected chi connectivity index (χ0v) is 14.6. The molecular formula is C22H21N3O. The third-order valence-electron chi connectivity index (χ3n) is 4.63. The Morgan fingerprint density at radius 1 is 0.962 bits per heavy atom. The number of amides is 2. The number of anilines is 3. The van der Waals surface area contributed by atoms with Gasteiger partial charge < -0.3 is 16.0 Å². The molecule has 1 aliphatic rings. The van der Waals surface area contributed by atoms with Crippen LogP contribution in [0.4, 0.5) is 21.9 Å². The maximum atomic E-state index is 12.4. The molecule has 0 radical (unpaired) electrons. The number of para-hydroxylation sites is 2. The summed E-state index contributed by atoms with van der Waals surface area (Å²) in [5.41, 5.74) is 6.27. The Kier molecular flexibility index (Phi) is 4.32. The van der Waals surface area contributed by atoms with Gasteiger partial charge in [-0.05, 0) is 54.3 Å².